The van der Waals surface area contributed by atoms with Crippen LogP contribution in [-0.2, 0) is 10.7 Å². The number of hydrogen-bond donors (Lipinski definition) is 1. The van der Waals surface area contributed by atoms with Crippen molar-refractivity contribution in [2.45, 2.75) is 5.92 Å². The summed E-state index contributed by atoms with van der Waals surface area (Å²) in [4.78, 5) is 10.4. The van der Waals surface area contributed by atoms with Gasteiger partial charge in [0.2, 0.25) is 0 Å². The van der Waals surface area contributed by atoms with E-state index in [2.05, 4.69) is 4.74 Å². The monoisotopic (exact) mass is 232 g/mol. The molecule has 1 aromatic rings. The number of benzene rings is 1. The molecule has 0 unspecified atom stereocenters. The first kappa shape index (κ1) is 12.2. The van der Waals surface area contributed by atoms with Crippen LogP contribution in [0, 0.1) is 0 Å². The summed E-state index contributed by atoms with van der Waals surface area (Å²) in [6.07, 6.45) is 0. The second kappa shape index (κ2) is 4.34. The molecule has 0 heterocycles. The van der Waals surface area contributed by atoms with Gasteiger partial charge in [-0.1, -0.05) is 0 Å². The molecule has 0 aromatic heterocycles. The van der Waals surface area contributed by atoms with Crippen molar-refractivity contribution < 1.29 is 28.2 Å². The fraction of sp³-hybridized carbons (Fsp3) is 0.300. The first-order valence-electron chi connectivity index (χ1n) is 4.27. The highest BCUT2D eigenvalue weighted by Crippen LogP contribution is 2.37. The average molecular weight is 232 g/mol. The molecule has 1 N–H and O–H groups in total. The molecule has 0 aliphatic rings. The van der Waals surface area contributed by atoms with E-state index in [9.17, 15) is 13.6 Å². The van der Waals surface area contributed by atoms with Gasteiger partial charge in [-0.25, -0.2) is 4.79 Å². The smallest absolute Gasteiger partial charge is 0.379 e. The third-order valence-electron chi connectivity index (χ3n) is 2.01. The van der Waals surface area contributed by atoms with Gasteiger partial charge in [-0.3, -0.25) is 0 Å². The number of aliphatic carboxylic acids is 1. The van der Waals surface area contributed by atoms with Gasteiger partial charge in [0.05, 0.1) is 19.8 Å². The number of carboxylic acids is 1. The SMILES string of the molecule is COc1ccc(OC)c(C(F)(F)C(=O)O)c1. The lowest BCUT2D eigenvalue weighted by molar-refractivity contribution is -0.166. The number of methoxy groups -OCH3 is 2. The molecule has 4 nitrogen and oxygen atoms in total. The summed E-state index contributed by atoms with van der Waals surface area (Å²) in [5.74, 6) is -6.32. The Kier molecular flexibility index (Phi) is 3.31. The molecule has 0 bridgehead atoms. The number of ether oxygens (including phenoxy) is 2. The third-order valence-corrected chi connectivity index (χ3v) is 2.01. The molecule has 0 radical (unpaired) electrons. The summed E-state index contributed by atoms with van der Waals surface area (Å²) in [6, 6.07) is 3.57. The Morgan fingerprint density at radius 2 is 1.94 bits per heavy atom. The standard InChI is InChI=1S/C10H10F2O4/c1-15-6-3-4-8(16-2)7(5-6)10(11,12)9(13)14/h3-5H,1-2H3,(H,13,14). The predicted octanol–water partition coefficient (Wildman–Crippen LogP) is 1.88. The van der Waals surface area contributed by atoms with Crippen LogP contribution in [0.1, 0.15) is 5.56 Å². The van der Waals surface area contributed by atoms with Gasteiger partial charge in [0, 0.05) is 0 Å². The highest BCUT2D eigenvalue weighted by atomic mass is 19.3. The van der Waals surface area contributed by atoms with E-state index in [0.29, 0.717) is 0 Å². The largest absolute Gasteiger partial charge is 0.497 e. The van der Waals surface area contributed by atoms with Crippen molar-refractivity contribution in [3.05, 3.63) is 23.8 Å². The van der Waals surface area contributed by atoms with Gasteiger partial charge < -0.3 is 14.6 Å². The van der Waals surface area contributed by atoms with Gasteiger partial charge >= 0.3 is 11.9 Å². The van der Waals surface area contributed by atoms with Gasteiger partial charge in [0.25, 0.3) is 0 Å². The van der Waals surface area contributed by atoms with Crippen LogP contribution in [0.15, 0.2) is 18.2 Å². The van der Waals surface area contributed by atoms with Gasteiger partial charge in [-0.15, -0.1) is 0 Å². The van der Waals surface area contributed by atoms with Crippen LogP contribution < -0.4 is 9.47 Å². The molecule has 16 heavy (non-hydrogen) atoms. The van der Waals surface area contributed by atoms with E-state index in [1.165, 1.54) is 26.4 Å². The highest BCUT2D eigenvalue weighted by molar-refractivity contribution is 5.78. The Morgan fingerprint density at radius 3 is 2.38 bits per heavy atom. The van der Waals surface area contributed by atoms with Crippen molar-refractivity contribution in [1.82, 2.24) is 0 Å². The average Bonchev–Trinajstić information content (AvgIpc) is 2.27. The fourth-order valence-electron chi connectivity index (χ4n) is 1.17. The number of rotatable bonds is 4. The number of carboxylic acid groups (broad SMARTS) is 1. The molecule has 88 valence electrons. The maximum Gasteiger partial charge on any atom is 0.379 e. The molecule has 0 saturated heterocycles. The topological polar surface area (TPSA) is 55.8 Å². The minimum atomic E-state index is -4.01. The Labute approximate surface area is 90.4 Å². The lowest BCUT2D eigenvalue weighted by Gasteiger charge is -2.16. The van der Waals surface area contributed by atoms with Crippen LogP contribution in [0.4, 0.5) is 8.78 Å². The summed E-state index contributed by atoms with van der Waals surface area (Å²) >= 11 is 0. The van der Waals surface area contributed by atoms with E-state index in [0.717, 1.165) is 6.07 Å². The van der Waals surface area contributed by atoms with Crippen LogP contribution in [-0.4, -0.2) is 25.3 Å². The number of carbonyl (C=O) groups is 1. The maximum absolute atomic E-state index is 13.3. The molecular weight excluding hydrogens is 222 g/mol. The van der Waals surface area contributed by atoms with E-state index >= 15 is 0 Å². The van der Waals surface area contributed by atoms with Crippen LogP contribution in [0.25, 0.3) is 0 Å². The predicted molar refractivity (Wildman–Crippen MR) is 51.1 cm³/mol. The third kappa shape index (κ3) is 2.05. The second-order valence-corrected chi connectivity index (χ2v) is 2.95. The first-order valence-corrected chi connectivity index (χ1v) is 4.27. The Hall–Kier alpha value is -1.85. The van der Waals surface area contributed by atoms with E-state index < -0.39 is 17.5 Å². The van der Waals surface area contributed by atoms with Crippen LogP contribution in [0.2, 0.25) is 0 Å². The summed E-state index contributed by atoms with van der Waals surface area (Å²) in [6.45, 7) is 0. The van der Waals surface area contributed by atoms with Crippen LogP contribution in [0.5, 0.6) is 11.5 Å². The minimum absolute atomic E-state index is 0.136. The highest BCUT2D eigenvalue weighted by Gasteiger charge is 2.43. The molecule has 1 aromatic carbocycles. The van der Waals surface area contributed by atoms with Crippen molar-refractivity contribution >= 4 is 5.97 Å². The van der Waals surface area contributed by atoms with Crippen molar-refractivity contribution in [2.24, 2.45) is 0 Å². The number of hydrogen-bond acceptors (Lipinski definition) is 3. The van der Waals surface area contributed by atoms with E-state index in [4.69, 9.17) is 9.84 Å². The summed E-state index contributed by atoms with van der Waals surface area (Å²) in [5, 5.41) is 8.43. The van der Waals surface area contributed by atoms with E-state index in [-0.39, 0.29) is 11.5 Å². The van der Waals surface area contributed by atoms with Gasteiger partial charge in [-0.05, 0) is 18.2 Å². The van der Waals surface area contributed by atoms with Crippen molar-refractivity contribution in [3.63, 3.8) is 0 Å². The van der Waals surface area contributed by atoms with Gasteiger partial charge in [0.15, 0.2) is 0 Å². The molecule has 0 aliphatic heterocycles. The Bertz CT molecular complexity index is 404. The lowest BCUT2D eigenvalue weighted by atomic mass is 10.1. The summed E-state index contributed by atoms with van der Waals surface area (Å²) in [7, 11) is 2.48. The quantitative estimate of drug-likeness (QED) is 0.861. The Morgan fingerprint density at radius 1 is 1.31 bits per heavy atom. The molecule has 0 saturated carbocycles. The van der Waals surface area contributed by atoms with Gasteiger partial charge in [0.1, 0.15) is 11.5 Å². The minimum Gasteiger partial charge on any atom is -0.497 e. The zero-order valence-electron chi connectivity index (χ0n) is 8.66. The molecule has 0 fully saturated rings. The summed E-state index contributed by atoms with van der Waals surface area (Å²) < 4.78 is 36.0. The molecular formula is C10H10F2O4. The molecule has 0 atom stereocenters. The fourth-order valence-corrected chi connectivity index (χ4v) is 1.17. The zero-order valence-corrected chi connectivity index (χ0v) is 8.66. The molecule has 1 rings (SSSR count). The molecule has 0 aliphatic carbocycles. The normalized spacial score (nSPS) is 11.0. The van der Waals surface area contributed by atoms with E-state index in [1.54, 1.807) is 0 Å². The van der Waals surface area contributed by atoms with E-state index in [1.807, 2.05) is 0 Å². The maximum atomic E-state index is 13.3. The van der Waals surface area contributed by atoms with Crippen molar-refractivity contribution in [1.29, 1.82) is 0 Å². The second-order valence-electron chi connectivity index (χ2n) is 2.95. The van der Waals surface area contributed by atoms with Crippen LogP contribution in [0.3, 0.4) is 0 Å². The summed E-state index contributed by atoms with van der Waals surface area (Å²) in [5.41, 5.74) is -0.734. The molecule has 6 heteroatoms. The zero-order chi connectivity index (χ0) is 12.3. The number of alkyl halides is 2. The lowest BCUT2D eigenvalue weighted by Crippen LogP contribution is -2.26. The molecule has 0 spiro atoms. The first-order chi connectivity index (χ1) is 7.43. The Balaban J connectivity index is 3.34. The van der Waals surface area contributed by atoms with Crippen molar-refractivity contribution in [3.8, 4) is 11.5 Å². The van der Waals surface area contributed by atoms with Crippen molar-refractivity contribution in [2.75, 3.05) is 14.2 Å². The molecule has 0 amide bonds. The van der Waals surface area contributed by atoms with Gasteiger partial charge in [-0.2, -0.15) is 8.78 Å². The number of halogens is 2. The van der Waals surface area contributed by atoms with Crippen LogP contribution >= 0.6 is 0 Å².